The molecular weight excluding hydrogens is 781 g/mol. The summed E-state index contributed by atoms with van der Waals surface area (Å²) in [6.45, 7) is 0. The predicted octanol–water partition coefficient (Wildman–Crippen LogP) is 17.3. The number of aromatic nitrogens is 1. The van der Waals surface area contributed by atoms with Gasteiger partial charge in [0.1, 0.15) is 0 Å². The second-order valence-corrected chi connectivity index (χ2v) is 17.1. The highest BCUT2D eigenvalue weighted by molar-refractivity contribution is 7.26. The molecule has 12 aromatic rings. The number of nitrogens with zero attached hydrogens (tertiary/aromatic N) is 2. The molecular formula is C60H40N2S. The van der Waals surface area contributed by atoms with Gasteiger partial charge in [0, 0.05) is 59.1 Å². The van der Waals surface area contributed by atoms with E-state index in [0.717, 1.165) is 28.3 Å². The highest BCUT2D eigenvalue weighted by atomic mass is 32.1. The van der Waals surface area contributed by atoms with Crippen molar-refractivity contribution in [3.8, 4) is 50.2 Å². The third-order valence-electron chi connectivity index (χ3n) is 12.4. The van der Waals surface area contributed by atoms with Crippen LogP contribution in [-0.4, -0.2) is 4.57 Å². The molecule has 0 aliphatic rings. The van der Waals surface area contributed by atoms with E-state index in [2.05, 4.69) is 252 Å². The zero-order chi connectivity index (χ0) is 41.7. The molecule has 296 valence electrons. The summed E-state index contributed by atoms with van der Waals surface area (Å²) >= 11 is 1.88. The molecule has 2 nitrogen and oxygen atoms in total. The molecule has 0 aliphatic heterocycles. The quantitative estimate of drug-likeness (QED) is 0.148. The Morgan fingerprint density at radius 3 is 1.68 bits per heavy atom. The Hall–Kier alpha value is -7.98. The van der Waals surface area contributed by atoms with E-state index >= 15 is 0 Å². The largest absolute Gasteiger partial charge is 0.310 e. The monoisotopic (exact) mass is 820 g/mol. The molecule has 63 heavy (non-hydrogen) atoms. The SMILES string of the molecule is c1ccc(-c2ccc(N(c3ccc4c5ccccc5n(-c5cccc(-c6ccccc6-c6ccccc6)c5)c4c3)c3ccccc3-c3cccc4c3sc3ccccc34)cc2)cc1. The van der Waals surface area contributed by atoms with Crippen LogP contribution in [0.3, 0.4) is 0 Å². The summed E-state index contributed by atoms with van der Waals surface area (Å²) in [5.41, 5.74) is 16.4. The van der Waals surface area contributed by atoms with Crippen LogP contribution in [0, 0.1) is 0 Å². The average molecular weight is 821 g/mol. The molecule has 2 heterocycles. The van der Waals surface area contributed by atoms with Crippen LogP contribution in [0.1, 0.15) is 0 Å². The summed E-state index contributed by atoms with van der Waals surface area (Å²) in [6.07, 6.45) is 0. The van der Waals surface area contributed by atoms with Crippen molar-refractivity contribution >= 4 is 70.4 Å². The van der Waals surface area contributed by atoms with E-state index in [0.29, 0.717) is 0 Å². The Balaban J connectivity index is 1.07. The van der Waals surface area contributed by atoms with Crippen LogP contribution in [0.5, 0.6) is 0 Å². The molecule has 0 bridgehead atoms. The van der Waals surface area contributed by atoms with E-state index in [1.165, 1.54) is 81.0 Å². The molecule has 10 aromatic carbocycles. The number of anilines is 3. The third-order valence-corrected chi connectivity index (χ3v) is 13.6. The van der Waals surface area contributed by atoms with Crippen LogP contribution in [0.25, 0.3) is 92.2 Å². The lowest BCUT2D eigenvalue weighted by Crippen LogP contribution is -2.11. The highest BCUT2D eigenvalue weighted by Crippen LogP contribution is 2.47. The van der Waals surface area contributed by atoms with Gasteiger partial charge in [-0.05, 0) is 88.0 Å². The summed E-state index contributed by atoms with van der Waals surface area (Å²) in [4.78, 5) is 2.45. The predicted molar refractivity (Wildman–Crippen MR) is 270 cm³/mol. The van der Waals surface area contributed by atoms with Crippen LogP contribution in [0.15, 0.2) is 243 Å². The number of hydrogen-bond acceptors (Lipinski definition) is 2. The van der Waals surface area contributed by atoms with Gasteiger partial charge in [-0.1, -0.05) is 188 Å². The summed E-state index contributed by atoms with van der Waals surface area (Å²) in [7, 11) is 0. The molecule has 12 rings (SSSR count). The summed E-state index contributed by atoms with van der Waals surface area (Å²) in [5, 5.41) is 5.04. The summed E-state index contributed by atoms with van der Waals surface area (Å²) < 4.78 is 5.05. The van der Waals surface area contributed by atoms with Crippen molar-refractivity contribution in [1.29, 1.82) is 0 Å². The molecule has 3 heteroatoms. The van der Waals surface area contributed by atoms with Crippen molar-refractivity contribution in [3.05, 3.63) is 243 Å². The topological polar surface area (TPSA) is 8.17 Å². The Labute approximate surface area is 370 Å². The standard InChI is InChI=1S/C60H40N2S/c1-3-17-41(18-4-1)42-33-35-45(36-34-42)61(56-30-12-10-26-51(56)54-28-16-29-55-53-27-11-14-32-59(53)63-60(54)55)47-37-38-52-50-25-9-13-31-57(50)62(58(52)40-47)46-22-15-21-44(39-46)49-24-8-7-23-48(49)43-19-5-2-6-20-43/h1-40H. The van der Waals surface area contributed by atoms with Gasteiger partial charge in [0.2, 0.25) is 0 Å². The molecule has 0 saturated heterocycles. The first-order valence-corrected chi connectivity index (χ1v) is 22.3. The number of fused-ring (bicyclic) bond motifs is 6. The minimum atomic E-state index is 1.08. The third kappa shape index (κ3) is 6.41. The Morgan fingerprint density at radius 1 is 0.317 bits per heavy atom. The molecule has 2 aromatic heterocycles. The normalized spacial score (nSPS) is 11.5. The number of hydrogen-bond donors (Lipinski definition) is 0. The van der Waals surface area contributed by atoms with Crippen LogP contribution < -0.4 is 4.90 Å². The van der Waals surface area contributed by atoms with Gasteiger partial charge in [0.25, 0.3) is 0 Å². The fourth-order valence-electron chi connectivity index (χ4n) is 9.51. The van der Waals surface area contributed by atoms with Crippen molar-refractivity contribution in [3.63, 3.8) is 0 Å². The van der Waals surface area contributed by atoms with Gasteiger partial charge in [-0.25, -0.2) is 0 Å². The van der Waals surface area contributed by atoms with Gasteiger partial charge in [0.05, 0.1) is 16.7 Å². The molecule has 0 unspecified atom stereocenters. The molecule has 0 N–H and O–H groups in total. The fourth-order valence-corrected chi connectivity index (χ4v) is 10.7. The Morgan fingerprint density at radius 2 is 0.873 bits per heavy atom. The van der Waals surface area contributed by atoms with E-state index in [1.54, 1.807) is 0 Å². The minimum absolute atomic E-state index is 1.08. The van der Waals surface area contributed by atoms with E-state index < -0.39 is 0 Å². The first kappa shape index (κ1) is 36.8. The minimum Gasteiger partial charge on any atom is -0.310 e. The molecule has 0 aliphatic carbocycles. The number of rotatable bonds is 8. The van der Waals surface area contributed by atoms with Crippen LogP contribution >= 0.6 is 11.3 Å². The summed E-state index contributed by atoms with van der Waals surface area (Å²) in [6, 6.07) is 88.4. The van der Waals surface area contributed by atoms with E-state index in [-0.39, 0.29) is 0 Å². The van der Waals surface area contributed by atoms with Gasteiger partial charge in [-0.2, -0.15) is 0 Å². The van der Waals surface area contributed by atoms with Crippen molar-refractivity contribution in [2.24, 2.45) is 0 Å². The zero-order valence-electron chi connectivity index (χ0n) is 34.4. The van der Waals surface area contributed by atoms with Gasteiger partial charge in [-0.3, -0.25) is 0 Å². The fraction of sp³-hybridized carbons (Fsp3) is 0. The molecule has 0 saturated carbocycles. The van der Waals surface area contributed by atoms with Crippen molar-refractivity contribution < 1.29 is 0 Å². The van der Waals surface area contributed by atoms with Crippen LogP contribution in [-0.2, 0) is 0 Å². The molecule has 0 atom stereocenters. The first-order chi connectivity index (χ1) is 31.3. The van der Waals surface area contributed by atoms with Crippen molar-refractivity contribution in [2.75, 3.05) is 4.90 Å². The number of benzene rings is 10. The highest BCUT2D eigenvalue weighted by Gasteiger charge is 2.22. The lowest BCUT2D eigenvalue weighted by atomic mass is 9.94. The molecule has 0 amide bonds. The number of para-hydroxylation sites is 2. The van der Waals surface area contributed by atoms with Crippen LogP contribution in [0.2, 0.25) is 0 Å². The van der Waals surface area contributed by atoms with E-state index in [4.69, 9.17) is 0 Å². The van der Waals surface area contributed by atoms with Crippen molar-refractivity contribution in [2.45, 2.75) is 0 Å². The first-order valence-electron chi connectivity index (χ1n) is 21.5. The van der Waals surface area contributed by atoms with E-state index in [1.807, 2.05) is 11.3 Å². The average Bonchev–Trinajstić information content (AvgIpc) is 3.91. The van der Waals surface area contributed by atoms with Gasteiger partial charge >= 0.3 is 0 Å². The van der Waals surface area contributed by atoms with Gasteiger partial charge in [0.15, 0.2) is 0 Å². The maximum Gasteiger partial charge on any atom is 0.0561 e. The van der Waals surface area contributed by atoms with Gasteiger partial charge < -0.3 is 9.47 Å². The Kier molecular flexibility index (Phi) is 9.06. The van der Waals surface area contributed by atoms with Crippen LogP contribution in [0.4, 0.5) is 17.1 Å². The maximum absolute atomic E-state index is 2.45. The molecule has 0 spiro atoms. The smallest absolute Gasteiger partial charge is 0.0561 e. The zero-order valence-corrected chi connectivity index (χ0v) is 35.2. The summed E-state index contributed by atoms with van der Waals surface area (Å²) in [5.74, 6) is 0. The lowest BCUT2D eigenvalue weighted by molar-refractivity contribution is 1.18. The van der Waals surface area contributed by atoms with E-state index in [9.17, 15) is 0 Å². The Bertz CT molecular complexity index is 3620. The van der Waals surface area contributed by atoms with Gasteiger partial charge in [-0.15, -0.1) is 11.3 Å². The number of thiophene rings is 1. The van der Waals surface area contributed by atoms with Crippen molar-refractivity contribution in [1.82, 2.24) is 4.57 Å². The second-order valence-electron chi connectivity index (χ2n) is 16.1. The molecule has 0 radical (unpaired) electrons. The molecule has 0 fully saturated rings. The lowest BCUT2D eigenvalue weighted by Gasteiger charge is -2.28. The second kappa shape index (κ2) is 15.5. The maximum atomic E-state index is 2.45.